The predicted molar refractivity (Wildman–Crippen MR) is 182 cm³/mol. The van der Waals surface area contributed by atoms with Gasteiger partial charge in [0.15, 0.2) is 0 Å². The van der Waals surface area contributed by atoms with E-state index in [1.165, 1.54) is 16.3 Å². The molecule has 221 valence electrons. The molecule has 0 amide bonds. The third kappa shape index (κ3) is 6.81. The van der Waals surface area contributed by atoms with Gasteiger partial charge in [0.1, 0.15) is 5.58 Å². The minimum atomic E-state index is -1.30. The zero-order valence-electron chi connectivity index (χ0n) is 25.4. The van der Waals surface area contributed by atoms with Crippen LogP contribution in [0, 0.1) is 12.1 Å². The molecule has 44 heavy (non-hydrogen) atoms. The molecule has 0 spiro atoms. The first-order valence-electron chi connectivity index (χ1n) is 14.7. The molecule has 1 radical (unpaired) electrons. The first-order valence-corrected chi connectivity index (χ1v) is 18.2. The summed E-state index contributed by atoms with van der Waals surface area (Å²) in [5.41, 5.74) is 9.51. The Bertz CT molecular complexity index is 2000. The molecule has 0 atom stereocenters. The zero-order valence-corrected chi connectivity index (χ0v) is 28.8. The molecule has 0 aliphatic carbocycles. The number of aryl methyl sites for hydroxylation is 1. The molecule has 5 heteroatoms. The minimum Gasteiger partial charge on any atom is -0.500 e. The molecular weight excluding hydrogens is 733 g/mol. The van der Waals surface area contributed by atoms with Crippen LogP contribution in [0.1, 0.15) is 12.5 Å². The molecule has 3 aromatic heterocycles. The molecule has 7 aromatic rings. The molecule has 0 aliphatic rings. The number of fused-ring (bicyclic) bond motifs is 3. The number of hydrogen-bond acceptors (Lipinski definition) is 3. The number of benzene rings is 4. The summed E-state index contributed by atoms with van der Waals surface area (Å²) in [6, 6.07) is 43.4. The Morgan fingerprint density at radius 3 is 2.18 bits per heavy atom. The van der Waals surface area contributed by atoms with Gasteiger partial charge in [-0.15, -0.1) is 59.7 Å². The van der Waals surface area contributed by atoms with E-state index < -0.39 is 8.07 Å². The third-order valence-corrected chi connectivity index (χ3v) is 9.68. The van der Waals surface area contributed by atoms with Gasteiger partial charge in [0.25, 0.3) is 0 Å². The summed E-state index contributed by atoms with van der Waals surface area (Å²) in [7, 11) is -1.30. The Kier molecular flexibility index (Phi) is 9.70. The van der Waals surface area contributed by atoms with E-state index in [9.17, 15) is 0 Å². The van der Waals surface area contributed by atoms with E-state index in [-0.39, 0.29) is 20.1 Å². The molecule has 0 saturated carbocycles. The average molecular weight is 767 g/mol. The van der Waals surface area contributed by atoms with Crippen molar-refractivity contribution in [1.29, 1.82) is 0 Å². The van der Waals surface area contributed by atoms with E-state index in [2.05, 4.69) is 97.3 Å². The first kappa shape index (κ1) is 31.3. The van der Waals surface area contributed by atoms with Crippen molar-refractivity contribution in [3.63, 3.8) is 0 Å². The largest absolute Gasteiger partial charge is 0.500 e. The van der Waals surface area contributed by atoms with E-state index in [1.54, 1.807) is 0 Å². The second-order valence-corrected chi connectivity index (χ2v) is 16.7. The summed E-state index contributed by atoms with van der Waals surface area (Å²) in [6.45, 7) is 9.34. The van der Waals surface area contributed by atoms with Gasteiger partial charge in [-0.1, -0.05) is 98.2 Å². The molecule has 0 N–H and O–H groups in total. The second-order valence-electron chi connectivity index (χ2n) is 11.6. The molecular formula is C39H34IrN2OSi-2. The molecule has 4 aromatic carbocycles. The molecule has 0 aliphatic heterocycles. The van der Waals surface area contributed by atoms with Crippen molar-refractivity contribution in [2.45, 2.75) is 33.0 Å². The summed E-state index contributed by atoms with van der Waals surface area (Å²) < 4.78 is 5.88. The third-order valence-electron chi connectivity index (χ3n) is 7.62. The van der Waals surface area contributed by atoms with E-state index >= 15 is 0 Å². The number of hydrogen-bond donors (Lipinski definition) is 0. The predicted octanol–water partition coefficient (Wildman–Crippen LogP) is 9.77. The van der Waals surface area contributed by atoms with Crippen LogP contribution in [0.25, 0.3) is 55.6 Å². The van der Waals surface area contributed by atoms with Crippen molar-refractivity contribution >= 4 is 35.2 Å². The summed E-state index contributed by atoms with van der Waals surface area (Å²) in [5, 5.41) is 3.69. The van der Waals surface area contributed by atoms with Gasteiger partial charge in [-0.05, 0) is 46.3 Å². The fourth-order valence-electron chi connectivity index (χ4n) is 5.37. The van der Waals surface area contributed by atoms with Crippen LogP contribution in [0.3, 0.4) is 0 Å². The quantitative estimate of drug-likeness (QED) is 0.129. The molecule has 3 nitrogen and oxygen atoms in total. The standard InChI is InChI=1S/C23H14NO.C16H20NSi.Ir/c1-2-6-16(7-3-1)17-12-13-24-21(15-17)18-10-11-23-20(14-18)19-8-4-5-9-22(19)25-23;1-5-13-11-15(14-9-7-6-8-10-14)17-12-16(13)18(2,3)4;/h1-9,11-15H;6-9,11-12H,5H2,1-4H3;/q2*-1;. The summed E-state index contributed by atoms with van der Waals surface area (Å²) in [4.78, 5) is 9.17. The Hall–Kier alpha value is -4.15. The van der Waals surface area contributed by atoms with Crippen molar-refractivity contribution in [3.05, 3.63) is 139 Å². The summed E-state index contributed by atoms with van der Waals surface area (Å²) >= 11 is 0. The van der Waals surface area contributed by atoms with Gasteiger partial charge in [0.05, 0.1) is 13.7 Å². The fraction of sp³-hybridized carbons (Fsp3) is 0.128. The molecule has 0 bridgehead atoms. The van der Waals surface area contributed by atoms with Crippen LogP contribution in [-0.4, -0.2) is 18.0 Å². The zero-order chi connectivity index (χ0) is 29.8. The van der Waals surface area contributed by atoms with E-state index in [0.717, 1.165) is 56.4 Å². The number of nitrogens with zero attached hydrogens (tertiary/aromatic N) is 2. The van der Waals surface area contributed by atoms with Gasteiger partial charge in [0, 0.05) is 37.9 Å². The number of aromatic nitrogens is 2. The molecule has 3 heterocycles. The van der Waals surface area contributed by atoms with Crippen LogP contribution >= 0.6 is 0 Å². The van der Waals surface area contributed by atoms with Crippen molar-refractivity contribution in [2.75, 3.05) is 0 Å². The number of para-hydroxylation sites is 1. The van der Waals surface area contributed by atoms with E-state index in [4.69, 9.17) is 4.42 Å². The van der Waals surface area contributed by atoms with Gasteiger partial charge < -0.3 is 14.4 Å². The van der Waals surface area contributed by atoms with Crippen molar-refractivity contribution in [3.8, 4) is 33.6 Å². The van der Waals surface area contributed by atoms with E-state index in [0.29, 0.717) is 0 Å². The van der Waals surface area contributed by atoms with Crippen LogP contribution in [0.2, 0.25) is 19.6 Å². The Labute approximate surface area is 274 Å². The topological polar surface area (TPSA) is 38.9 Å². The van der Waals surface area contributed by atoms with E-state index in [1.807, 2.05) is 72.9 Å². The van der Waals surface area contributed by atoms with Crippen LogP contribution in [0.5, 0.6) is 0 Å². The molecule has 0 unspecified atom stereocenters. The maximum atomic E-state index is 5.88. The monoisotopic (exact) mass is 767 g/mol. The Morgan fingerprint density at radius 1 is 0.682 bits per heavy atom. The van der Waals surface area contributed by atoms with Gasteiger partial charge in [0.2, 0.25) is 0 Å². The molecule has 7 rings (SSSR count). The average Bonchev–Trinajstić information content (AvgIpc) is 3.43. The Morgan fingerprint density at radius 2 is 1.43 bits per heavy atom. The number of furan rings is 1. The molecule has 0 fully saturated rings. The van der Waals surface area contributed by atoms with Crippen LogP contribution < -0.4 is 5.19 Å². The van der Waals surface area contributed by atoms with Crippen molar-refractivity contribution in [1.82, 2.24) is 9.97 Å². The Balaban J connectivity index is 0.000000181. The maximum absolute atomic E-state index is 5.88. The van der Waals surface area contributed by atoms with Crippen LogP contribution in [-0.2, 0) is 26.5 Å². The molecule has 0 saturated heterocycles. The second kappa shape index (κ2) is 13.6. The van der Waals surface area contributed by atoms with Gasteiger partial charge in [-0.3, -0.25) is 0 Å². The van der Waals surface area contributed by atoms with Gasteiger partial charge in [-0.25, -0.2) is 0 Å². The van der Waals surface area contributed by atoms with Crippen molar-refractivity contribution < 1.29 is 24.5 Å². The number of pyridine rings is 2. The summed E-state index contributed by atoms with van der Waals surface area (Å²) in [6.07, 6.45) is 5.01. The smallest absolute Gasteiger partial charge is 0.120 e. The fourth-order valence-corrected chi connectivity index (χ4v) is 7.03. The van der Waals surface area contributed by atoms with Crippen LogP contribution in [0.4, 0.5) is 0 Å². The van der Waals surface area contributed by atoms with Gasteiger partial charge >= 0.3 is 0 Å². The minimum absolute atomic E-state index is 0. The van der Waals surface area contributed by atoms with Crippen molar-refractivity contribution in [2.24, 2.45) is 0 Å². The summed E-state index contributed by atoms with van der Waals surface area (Å²) in [5.74, 6) is 0. The SMILES string of the molecule is CCc1cc(-c2[c-]cccc2)ncc1[Si](C)(C)C.[Ir].[c-]1cc2oc3ccccc3c2cc1-c1cc(-c2ccccc2)ccn1. The maximum Gasteiger partial charge on any atom is 0.120 e. The normalized spacial score (nSPS) is 11.1. The number of rotatable bonds is 5. The van der Waals surface area contributed by atoms with Crippen LogP contribution in [0.15, 0.2) is 126 Å². The van der Waals surface area contributed by atoms with Gasteiger partial charge in [-0.2, -0.15) is 0 Å². The first-order chi connectivity index (χ1) is 20.9.